The van der Waals surface area contributed by atoms with Gasteiger partial charge in [-0.25, -0.2) is 0 Å². The number of amides is 3. The maximum atomic E-state index is 14.0. The quantitative estimate of drug-likeness (QED) is 0.452. The highest BCUT2D eigenvalue weighted by Gasteiger charge is 2.78. The minimum Gasteiger partial charge on any atom is -0.396 e. The molecule has 0 radical (unpaired) electrons. The second-order valence-corrected chi connectivity index (χ2v) is 11.0. The number of rotatable bonds is 9. The monoisotopic (exact) mass is 539 g/mol. The lowest BCUT2D eigenvalue weighted by Crippen LogP contribution is -2.53. The van der Waals surface area contributed by atoms with E-state index in [0.717, 1.165) is 11.1 Å². The number of hydrogen-bond donors (Lipinski definition) is 3. The summed E-state index contributed by atoms with van der Waals surface area (Å²) in [6.07, 6.45) is 1.94. The van der Waals surface area contributed by atoms with Crippen molar-refractivity contribution in [3.8, 4) is 0 Å². The fourth-order valence-corrected chi connectivity index (χ4v) is 7.04. The number of carbonyl (C=O) groups excluding carboxylic acids is 3. The first-order chi connectivity index (χ1) is 18.3. The van der Waals surface area contributed by atoms with Crippen LogP contribution in [0.15, 0.2) is 48.5 Å². The van der Waals surface area contributed by atoms with E-state index in [9.17, 15) is 19.5 Å². The number of nitrogens with zero attached hydrogens (tertiary/aromatic N) is 1. The molecule has 3 amide bonds. The van der Waals surface area contributed by atoms with Crippen LogP contribution in [0.3, 0.4) is 0 Å². The molecule has 0 aromatic heterocycles. The molecule has 2 unspecified atom stereocenters. The first-order valence-electron chi connectivity index (χ1n) is 13.3. The Balaban J connectivity index is 1.49. The van der Waals surface area contributed by atoms with Crippen LogP contribution in [0, 0.1) is 18.8 Å². The number of likely N-dealkylation sites (tertiary alicyclic amines) is 1. The number of aliphatic hydroxyl groups excluding tert-OH is 1. The highest BCUT2D eigenvalue weighted by Crippen LogP contribution is 2.64. The topological polar surface area (TPSA) is 108 Å². The van der Waals surface area contributed by atoms with Crippen molar-refractivity contribution < 1.29 is 24.2 Å². The number of benzene rings is 2. The fourth-order valence-electron chi connectivity index (χ4n) is 6.77. The Morgan fingerprint density at radius 3 is 2.58 bits per heavy atom. The molecule has 1 spiro atoms. The molecule has 5 atom stereocenters. The van der Waals surface area contributed by atoms with Crippen molar-refractivity contribution in [3.05, 3.63) is 64.7 Å². The predicted octanol–water partition coefficient (Wildman–Crippen LogP) is 3.44. The highest BCUT2D eigenvalue weighted by molar-refractivity contribution is 6.34. The summed E-state index contributed by atoms with van der Waals surface area (Å²) in [6.45, 7) is 4.22. The molecule has 2 bridgehead atoms. The third kappa shape index (κ3) is 4.19. The number of halogens is 1. The molecule has 38 heavy (non-hydrogen) atoms. The van der Waals surface area contributed by atoms with Gasteiger partial charge in [0.2, 0.25) is 17.7 Å². The zero-order valence-corrected chi connectivity index (χ0v) is 22.5. The van der Waals surface area contributed by atoms with Crippen molar-refractivity contribution in [1.82, 2.24) is 10.2 Å². The number of aryl methyl sites for hydroxylation is 1. The molecule has 0 saturated carbocycles. The summed E-state index contributed by atoms with van der Waals surface area (Å²) in [5.74, 6) is -2.40. The third-order valence-electron chi connectivity index (χ3n) is 8.55. The molecule has 8 nitrogen and oxygen atoms in total. The second kappa shape index (κ2) is 10.3. The molecule has 0 aliphatic carbocycles. The van der Waals surface area contributed by atoms with Gasteiger partial charge < -0.3 is 25.4 Å². The van der Waals surface area contributed by atoms with Crippen molar-refractivity contribution in [2.75, 3.05) is 18.5 Å². The molecule has 3 saturated heterocycles. The average molecular weight is 540 g/mol. The number of anilines is 1. The van der Waals surface area contributed by atoms with Crippen molar-refractivity contribution >= 4 is 35.0 Å². The lowest BCUT2D eigenvalue weighted by Gasteiger charge is -2.34. The Labute approximate surface area is 227 Å². The molecule has 3 heterocycles. The summed E-state index contributed by atoms with van der Waals surface area (Å²) in [5, 5.41) is 15.9. The van der Waals surface area contributed by atoms with E-state index in [1.54, 1.807) is 12.1 Å². The van der Waals surface area contributed by atoms with Crippen molar-refractivity contribution in [3.63, 3.8) is 0 Å². The van der Waals surface area contributed by atoms with E-state index < -0.39 is 35.0 Å². The van der Waals surface area contributed by atoms with E-state index >= 15 is 0 Å². The van der Waals surface area contributed by atoms with E-state index in [1.165, 1.54) is 4.90 Å². The van der Waals surface area contributed by atoms with Gasteiger partial charge in [-0.2, -0.15) is 0 Å². The number of nitrogens with one attached hydrogen (secondary N) is 2. The summed E-state index contributed by atoms with van der Waals surface area (Å²) in [7, 11) is 0. The van der Waals surface area contributed by atoms with E-state index in [0.29, 0.717) is 42.9 Å². The van der Waals surface area contributed by atoms with Gasteiger partial charge in [0, 0.05) is 19.7 Å². The van der Waals surface area contributed by atoms with Crippen LogP contribution >= 0.6 is 11.6 Å². The second-order valence-electron chi connectivity index (χ2n) is 10.6. The van der Waals surface area contributed by atoms with Gasteiger partial charge in [0.25, 0.3) is 0 Å². The molecule has 202 valence electrons. The Bertz CT molecular complexity index is 1220. The summed E-state index contributed by atoms with van der Waals surface area (Å²) < 4.78 is 6.74. The van der Waals surface area contributed by atoms with Crippen LogP contribution in [0.1, 0.15) is 43.7 Å². The fraction of sp³-hybridized carbons (Fsp3) is 0.483. The standard InChI is InChI=1S/C29H34ClN3O5/c1-3-28-13-14-29(38-28)22(21(28)25(35)31-17-19-10-5-4-6-11-19)27(37)33(15-8-16-34)24(29)26(36)32-23-18(2)9-7-12-20(23)30/h4-7,9-12,21-22,24,34H,3,8,13-17H2,1-2H3,(H,31,35)(H,32,36)/t21-,22-,24?,28+,29?/m0/s1. The summed E-state index contributed by atoms with van der Waals surface area (Å²) in [6, 6.07) is 14.0. The molecular formula is C29H34ClN3O5. The zero-order valence-electron chi connectivity index (χ0n) is 21.7. The molecule has 3 fully saturated rings. The van der Waals surface area contributed by atoms with Gasteiger partial charge in [0.1, 0.15) is 11.6 Å². The van der Waals surface area contributed by atoms with Gasteiger partial charge in [-0.15, -0.1) is 0 Å². The van der Waals surface area contributed by atoms with E-state index in [-0.39, 0.29) is 25.0 Å². The SMILES string of the molecule is CC[C@]12CCC3(O1)C(C(=O)Nc1c(C)cccc1Cl)N(CCCO)C(=O)[C@@H]3[C@H]2C(=O)NCc1ccccc1. The number of para-hydroxylation sites is 1. The Hall–Kier alpha value is -2.94. The van der Waals surface area contributed by atoms with Gasteiger partial charge >= 0.3 is 0 Å². The van der Waals surface area contributed by atoms with Gasteiger partial charge in [-0.3, -0.25) is 14.4 Å². The molecule has 3 N–H and O–H groups in total. The van der Waals surface area contributed by atoms with Crippen molar-refractivity contribution in [1.29, 1.82) is 0 Å². The molecule has 2 aromatic rings. The van der Waals surface area contributed by atoms with Crippen LogP contribution in [-0.4, -0.2) is 58.1 Å². The van der Waals surface area contributed by atoms with Gasteiger partial charge in [0.05, 0.1) is 28.1 Å². The first-order valence-corrected chi connectivity index (χ1v) is 13.6. The predicted molar refractivity (Wildman–Crippen MR) is 143 cm³/mol. The van der Waals surface area contributed by atoms with Crippen molar-refractivity contribution in [2.24, 2.45) is 11.8 Å². The number of hydrogen-bond acceptors (Lipinski definition) is 5. The lowest BCUT2D eigenvalue weighted by molar-refractivity contribution is -0.146. The lowest BCUT2D eigenvalue weighted by atomic mass is 9.65. The van der Waals surface area contributed by atoms with Gasteiger partial charge in [-0.05, 0) is 49.8 Å². The number of aliphatic hydroxyl groups is 1. The molecule has 9 heteroatoms. The number of carbonyl (C=O) groups is 3. The maximum Gasteiger partial charge on any atom is 0.250 e. The number of fused-ring (bicyclic) bond motifs is 1. The Morgan fingerprint density at radius 2 is 1.89 bits per heavy atom. The summed E-state index contributed by atoms with van der Waals surface area (Å²) in [5.41, 5.74) is 0.300. The normalized spacial score (nSPS) is 29.4. The van der Waals surface area contributed by atoms with Crippen LogP contribution in [-0.2, 0) is 25.7 Å². The van der Waals surface area contributed by atoms with Crippen molar-refractivity contribution in [2.45, 2.75) is 63.3 Å². The van der Waals surface area contributed by atoms with E-state index in [1.807, 2.05) is 50.2 Å². The van der Waals surface area contributed by atoms with Crippen LogP contribution in [0.25, 0.3) is 0 Å². The minimum atomic E-state index is -1.13. The summed E-state index contributed by atoms with van der Waals surface area (Å²) in [4.78, 5) is 43.2. The van der Waals surface area contributed by atoms with Crippen LogP contribution in [0.5, 0.6) is 0 Å². The van der Waals surface area contributed by atoms with E-state index in [2.05, 4.69) is 10.6 Å². The third-order valence-corrected chi connectivity index (χ3v) is 8.86. The van der Waals surface area contributed by atoms with Gasteiger partial charge in [-0.1, -0.05) is 61.0 Å². The van der Waals surface area contributed by atoms with Gasteiger partial charge in [0.15, 0.2) is 0 Å². The molecule has 5 rings (SSSR count). The molecular weight excluding hydrogens is 506 g/mol. The smallest absolute Gasteiger partial charge is 0.250 e. The molecule has 3 aliphatic rings. The van der Waals surface area contributed by atoms with Crippen LogP contribution < -0.4 is 10.6 Å². The van der Waals surface area contributed by atoms with Crippen LogP contribution in [0.2, 0.25) is 5.02 Å². The maximum absolute atomic E-state index is 14.0. The minimum absolute atomic E-state index is 0.125. The first kappa shape index (κ1) is 26.7. The van der Waals surface area contributed by atoms with Crippen LogP contribution in [0.4, 0.5) is 5.69 Å². The largest absolute Gasteiger partial charge is 0.396 e. The highest BCUT2D eigenvalue weighted by atomic mass is 35.5. The zero-order chi connectivity index (χ0) is 27.1. The molecule has 2 aromatic carbocycles. The average Bonchev–Trinajstić information content (AvgIpc) is 3.52. The Morgan fingerprint density at radius 1 is 1.13 bits per heavy atom. The Kier molecular flexibility index (Phi) is 7.24. The summed E-state index contributed by atoms with van der Waals surface area (Å²) >= 11 is 6.40. The molecule has 3 aliphatic heterocycles. The van der Waals surface area contributed by atoms with E-state index in [4.69, 9.17) is 16.3 Å². The number of ether oxygens (including phenoxy) is 1.